The largest absolute Gasteiger partial charge is 0.374 e. The summed E-state index contributed by atoms with van der Waals surface area (Å²) < 4.78 is 16.2. The van der Waals surface area contributed by atoms with Crippen molar-refractivity contribution in [3.8, 4) is 0 Å². The number of benzene rings is 1. The first-order valence-corrected chi connectivity index (χ1v) is 5.12. The van der Waals surface area contributed by atoms with Crippen molar-refractivity contribution in [3.63, 3.8) is 0 Å². The molecule has 0 N–H and O–H groups in total. The summed E-state index contributed by atoms with van der Waals surface area (Å²) in [7, 11) is 0. The molecule has 1 aliphatic rings. The minimum atomic E-state index is -0.269. The minimum absolute atomic E-state index is 0.269. The molecular weight excluding hydrogens is 192 g/mol. The fourth-order valence-corrected chi connectivity index (χ4v) is 1.53. The predicted molar refractivity (Wildman–Crippen MR) is 56.4 cm³/mol. The zero-order valence-corrected chi connectivity index (χ0v) is 8.94. The highest BCUT2D eigenvalue weighted by atomic mass is 16.7. The van der Waals surface area contributed by atoms with Crippen LogP contribution in [0.1, 0.15) is 12.5 Å². The van der Waals surface area contributed by atoms with E-state index >= 15 is 0 Å². The minimum Gasteiger partial charge on any atom is -0.374 e. The molecule has 3 heteroatoms. The Bertz CT molecular complexity index is 291. The number of rotatable bonds is 4. The van der Waals surface area contributed by atoms with Crippen LogP contribution in [0, 0.1) is 0 Å². The molecule has 0 aliphatic carbocycles. The average Bonchev–Trinajstić information content (AvgIpc) is 2.67. The Morgan fingerprint density at radius 1 is 1.33 bits per heavy atom. The molecule has 0 bridgehead atoms. The number of hydrogen-bond acceptors (Lipinski definition) is 3. The van der Waals surface area contributed by atoms with Crippen molar-refractivity contribution < 1.29 is 14.2 Å². The SMILES string of the molecule is CC1(COCc2ccccc2)COCO1. The van der Waals surface area contributed by atoms with Gasteiger partial charge in [0.25, 0.3) is 0 Å². The first-order valence-electron chi connectivity index (χ1n) is 5.12. The molecule has 1 unspecified atom stereocenters. The van der Waals surface area contributed by atoms with Gasteiger partial charge in [-0.25, -0.2) is 0 Å². The van der Waals surface area contributed by atoms with Gasteiger partial charge in [-0.15, -0.1) is 0 Å². The molecule has 3 nitrogen and oxygen atoms in total. The van der Waals surface area contributed by atoms with Gasteiger partial charge >= 0.3 is 0 Å². The third kappa shape index (κ3) is 3.02. The highest BCUT2D eigenvalue weighted by Gasteiger charge is 2.30. The lowest BCUT2D eigenvalue weighted by Crippen LogP contribution is -2.33. The van der Waals surface area contributed by atoms with Gasteiger partial charge in [0.15, 0.2) is 0 Å². The van der Waals surface area contributed by atoms with Crippen molar-refractivity contribution in [2.45, 2.75) is 19.1 Å². The molecule has 1 aliphatic heterocycles. The zero-order valence-electron chi connectivity index (χ0n) is 8.94. The summed E-state index contributed by atoms with van der Waals surface area (Å²) in [5.74, 6) is 0. The summed E-state index contributed by atoms with van der Waals surface area (Å²) >= 11 is 0. The molecule has 1 aromatic rings. The van der Waals surface area contributed by atoms with Crippen LogP contribution in [0.25, 0.3) is 0 Å². The highest BCUT2D eigenvalue weighted by Crippen LogP contribution is 2.18. The van der Waals surface area contributed by atoms with E-state index in [4.69, 9.17) is 14.2 Å². The molecule has 0 aromatic heterocycles. The van der Waals surface area contributed by atoms with Crippen molar-refractivity contribution >= 4 is 0 Å². The molecule has 1 atom stereocenters. The van der Waals surface area contributed by atoms with Crippen LogP contribution in [-0.4, -0.2) is 25.6 Å². The van der Waals surface area contributed by atoms with Crippen molar-refractivity contribution in [2.75, 3.05) is 20.0 Å². The Morgan fingerprint density at radius 2 is 2.13 bits per heavy atom. The van der Waals surface area contributed by atoms with Gasteiger partial charge in [-0.3, -0.25) is 0 Å². The lowest BCUT2D eigenvalue weighted by Gasteiger charge is -2.20. The van der Waals surface area contributed by atoms with Gasteiger partial charge in [0.05, 0.1) is 19.8 Å². The maximum Gasteiger partial charge on any atom is 0.147 e. The van der Waals surface area contributed by atoms with E-state index in [1.54, 1.807) is 0 Å². The fourth-order valence-electron chi connectivity index (χ4n) is 1.53. The Labute approximate surface area is 90.0 Å². The molecule has 0 spiro atoms. The van der Waals surface area contributed by atoms with Gasteiger partial charge in [0.1, 0.15) is 12.4 Å². The maximum atomic E-state index is 5.60. The van der Waals surface area contributed by atoms with Crippen LogP contribution in [0.2, 0.25) is 0 Å². The van der Waals surface area contributed by atoms with E-state index in [9.17, 15) is 0 Å². The van der Waals surface area contributed by atoms with Crippen molar-refractivity contribution in [1.29, 1.82) is 0 Å². The van der Waals surface area contributed by atoms with Crippen molar-refractivity contribution in [2.24, 2.45) is 0 Å². The summed E-state index contributed by atoms with van der Waals surface area (Å²) in [5.41, 5.74) is 0.912. The molecular formula is C12H16O3. The van der Waals surface area contributed by atoms with E-state index < -0.39 is 0 Å². The van der Waals surface area contributed by atoms with Crippen LogP contribution in [0.15, 0.2) is 30.3 Å². The summed E-state index contributed by atoms with van der Waals surface area (Å²) in [6.07, 6.45) is 0. The van der Waals surface area contributed by atoms with Crippen LogP contribution in [0.4, 0.5) is 0 Å². The molecule has 15 heavy (non-hydrogen) atoms. The second kappa shape index (κ2) is 4.75. The second-order valence-corrected chi connectivity index (χ2v) is 4.04. The first-order chi connectivity index (χ1) is 7.29. The molecule has 1 heterocycles. The normalized spacial score (nSPS) is 25.7. The maximum absolute atomic E-state index is 5.60. The van der Waals surface area contributed by atoms with E-state index in [2.05, 4.69) is 0 Å². The molecule has 0 amide bonds. The Balaban J connectivity index is 1.75. The quantitative estimate of drug-likeness (QED) is 0.757. The Morgan fingerprint density at radius 3 is 2.80 bits per heavy atom. The summed E-state index contributed by atoms with van der Waals surface area (Å²) in [6, 6.07) is 10.1. The van der Waals surface area contributed by atoms with E-state index in [-0.39, 0.29) is 5.60 Å². The van der Waals surface area contributed by atoms with Crippen LogP contribution in [0.5, 0.6) is 0 Å². The van der Waals surface area contributed by atoms with Crippen LogP contribution in [0.3, 0.4) is 0 Å². The predicted octanol–water partition coefficient (Wildman–Crippen LogP) is 1.97. The first kappa shape index (κ1) is 10.6. The highest BCUT2D eigenvalue weighted by molar-refractivity contribution is 5.13. The molecule has 0 saturated carbocycles. The number of ether oxygens (including phenoxy) is 3. The third-order valence-electron chi connectivity index (χ3n) is 2.42. The van der Waals surface area contributed by atoms with E-state index in [1.165, 1.54) is 5.56 Å². The summed E-state index contributed by atoms with van der Waals surface area (Å²) in [4.78, 5) is 0. The van der Waals surface area contributed by atoms with Gasteiger partial charge in [-0.1, -0.05) is 30.3 Å². The molecule has 1 fully saturated rings. The molecule has 2 rings (SSSR count). The van der Waals surface area contributed by atoms with Crippen molar-refractivity contribution in [1.82, 2.24) is 0 Å². The van der Waals surface area contributed by atoms with Crippen LogP contribution < -0.4 is 0 Å². The van der Waals surface area contributed by atoms with Crippen LogP contribution in [-0.2, 0) is 20.8 Å². The van der Waals surface area contributed by atoms with Gasteiger partial charge in [-0.2, -0.15) is 0 Å². The smallest absolute Gasteiger partial charge is 0.147 e. The monoisotopic (exact) mass is 208 g/mol. The number of hydrogen-bond donors (Lipinski definition) is 0. The Hall–Kier alpha value is -0.900. The van der Waals surface area contributed by atoms with Gasteiger partial charge in [0, 0.05) is 0 Å². The molecule has 1 saturated heterocycles. The summed E-state index contributed by atoms with van der Waals surface area (Å²) in [6.45, 7) is 4.19. The van der Waals surface area contributed by atoms with E-state index in [0.717, 1.165) is 0 Å². The lowest BCUT2D eigenvalue weighted by molar-refractivity contribution is -0.0555. The molecule has 82 valence electrons. The Kier molecular flexibility index (Phi) is 3.36. The average molecular weight is 208 g/mol. The van der Waals surface area contributed by atoms with E-state index in [1.807, 2.05) is 37.3 Å². The van der Waals surface area contributed by atoms with Gasteiger partial charge in [0.2, 0.25) is 0 Å². The summed E-state index contributed by atoms with van der Waals surface area (Å²) in [5, 5.41) is 0. The van der Waals surface area contributed by atoms with E-state index in [0.29, 0.717) is 26.6 Å². The second-order valence-electron chi connectivity index (χ2n) is 4.04. The van der Waals surface area contributed by atoms with Crippen molar-refractivity contribution in [3.05, 3.63) is 35.9 Å². The molecule has 0 radical (unpaired) electrons. The van der Waals surface area contributed by atoms with Gasteiger partial charge < -0.3 is 14.2 Å². The molecule has 1 aromatic carbocycles. The topological polar surface area (TPSA) is 27.7 Å². The zero-order chi connectivity index (χ0) is 10.6. The lowest BCUT2D eigenvalue weighted by atomic mass is 10.1. The third-order valence-corrected chi connectivity index (χ3v) is 2.42. The standard InChI is InChI=1S/C12H16O3/c1-12(9-14-10-15-12)8-13-7-11-5-3-2-4-6-11/h2-6H,7-10H2,1H3. The van der Waals surface area contributed by atoms with Crippen LogP contribution >= 0.6 is 0 Å². The fraction of sp³-hybridized carbons (Fsp3) is 0.500. The van der Waals surface area contributed by atoms with Gasteiger partial charge in [-0.05, 0) is 12.5 Å².